The molecule has 2 heterocycles. The van der Waals surface area contributed by atoms with E-state index in [-0.39, 0.29) is 0 Å². The van der Waals surface area contributed by atoms with Crippen molar-refractivity contribution in [3.8, 4) is 5.75 Å². The third-order valence-electron chi connectivity index (χ3n) is 3.21. The van der Waals surface area contributed by atoms with Gasteiger partial charge in [-0.1, -0.05) is 6.07 Å². The minimum Gasteiger partial charge on any atom is -0.508 e. The average Bonchev–Trinajstić information content (AvgIpc) is 2.48. The maximum atomic E-state index is 9.36. The highest BCUT2D eigenvalue weighted by Gasteiger charge is 2.31. The topological polar surface area (TPSA) is 32.3 Å². The van der Waals surface area contributed by atoms with Crippen molar-refractivity contribution in [3.63, 3.8) is 0 Å². The first-order valence-electron chi connectivity index (χ1n) is 4.91. The maximum absolute atomic E-state index is 9.36. The van der Waals surface area contributed by atoms with Gasteiger partial charge in [-0.15, -0.1) is 0 Å². The molecule has 3 rings (SSSR count). The lowest BCUT2D eigenvalue weighted by atomic mass is 9.95. The first-order chi connectivity index (χ1) is 6.33. The summed E-state index contributed by atoms with van der Waals surface area (Å²) in [5.74, 6) is 0.403. The second-order valence-electron chi connectivity index (χ2n) is 4.08. The number of hydrogen-bond donors (Lipinski definition) is 2. The summed E-state index contributed by atoms with van der Waals surface area (Å²) in [6, 6.07) is 6.97. The van der Waals surface area contributed by atoms with E-state index in [0.717, 1.165) is 6.42 Å². The highest BCUT2D eigenvalue weighted by atomic mass is 16.3. The molecule has 0 radical (unpaired) electrons. The summed E-state index contributed by atoms with van der Waals surface area (Å²) in [6.45, 7) is 0. The number of phenolic OH excluding ortho intramolecular Hbond substituents is 1. The zero-order valence-electron chi connectivity index (χ0n) is 7.46. The molecule has 0 aromatic heterocycles. The highest BCUT2D eigenvalue weighted by Crippen LogP contribution is 2.36. The molecule has 13 heavy (non-hydrogen) atoms. The Morgan fingerprint density at radius 1 is 1.31 bits per heavy atom. The van der Waals surface area contributed by atoms with Crippen LogP contribution in [0.25, 0.3) is 0 Å². The van der Waals surface area contributed by atoms with Gasteiger partial charge in [0.05, 0.1) is 0 Å². The van der Waals surface area contributed by atoms with Crippen LogP contribution in [0.1, 0.15) is 30.0 Å². The number of hydrogen-bond acceptors (Lipinski definition) is 2. The third kappa shape index (κ3) is 1.05. The van der Waals surface area contributed by atoms with Gasteiger partial charge >= 0.3 is 0 Å². The first kappa shape index (κ1) is 7.39. The molecule has 0 saturated carbocycles. The molecule has 2 heteroatoms. The largest absolute Gasteiger partial charge is 0.508 e. The molecular weight excluding hydrogens is 162 g/mol. The van der Waals surface area contributed by atoms with Gasteiger partial charge in [-0.2, -0.15) is 0 Å². The fourth-order valence-corrected chi connectivity index (χ4v) is 2.60. The van der Waals surface area contributed by atoms with E-state index < -0.39 is 0 Å². The van der Waals surface area contributed by atoms with E-state index in [1.165, 1.54) is 24.0 Å². The van der Waals surface area contributed by atoms with Gasteiger partial charge in [0.25, 0.3) is 0 Å². The van der Waals surface area contributed by atoms with Crippen molar-refractivity contribution in [1.29, 1.82) is 0 Å². The molecule has 2 aliphatic heterocycles. The first-order valence-corrected chi connectivity index (χ1v) is 4.91. The van der Waals surface area contributed by atoms with Crippen molar-refractivity contribution >= 4 is 0 Å². The number of aromatic hydroxyl groups is 1. The zero-order chi connectivity index (χ0) is 8.84. The summed E-state index contributed by atoms with van der Waals surface area (Å²) in [7, 11) is 0. The second kappa shape index (κ2) is 2.48. The summed E-state index contributed by atoms with van der Waals surface area (Å²) >= 11 is 0. The molecule has 2 aliphatic rings. The summed E-state index contributed by atoms with van der Waals surface area (Å²) in [5.41, 5.74) is 2.73. The molecule has 1 fully saturated rings. The molecule has 2 N–H and O–H groups in total. The quantitative estimate of drug-likeness (QED) is 0.629. The second-order valence-corrected chi connectivity index (χ2v) is 4.08. The van der Waals surface area contributed by atoms with E-state index >= 15 is 0 Å². The summed E-state index contributed by atoms with van der Waals surface area (Å²) in [6.07, 6.45) is 3.61. The fourth-order valence-electron chi connectivity index (χ4n) is 2.60. The van der Waals surface area contributed by atoms with Crippen molar-refractivity contribution in [2.45, 2.75) is 31.3 Å². The van der Waals surface area contributed by atoms with Crippen LogP contribution >= 0.6 is 0 Å². The highest BCUT2D eigenvalue weighted by molar-refractivity contribution is 5.40. The summed E-state index contributed by atoms with van der Waals surface area (Å²) in [5, 5.41) is 12.9. The van der Waals surface area contributed by atoms with Crippen LogP contribution in [-0.4, -0.2) is 11.1 Å². The molecule has 1 aromatic rings. The number of phenols is 1. The Bertz CT molecular complexity index is 348. The van der Waals surface area contributed by atoms with Crippen LogP contribution in [-0.2, 0) is 6.42 Å². The van der Waals surface area contributed by atoms with Crippen LogP contribution < -0.4 is 5.32 Å². The van der Waals surface area contributed by atoms with Gasteiger partial charge in [0, 0.05) is 12.1 Å². The Labute approximate surface area is 77.6 Å². The van der Waals surface area contributed by atoms with E-state index in [0.29, 0.717) is 17.8 Å². The Hall–Kier alpha value is -1.02. The van der Waals surface area contributed by atoms with Gasteiger partial charge in [-0.05, 0) is 42.5 Å². The molecule has 1 saturated heterocycles. The van der Waals surface area contributed by atoms with Crippen molar-refractivity contribution < 1.29 is 5.11 Å². The minimum absolute atomic E-state index is 0.403. The van der Waals surface area contributed by atoms with Crippen molar-refractivity contribution in [2.75, 3.05) is 0 Å². The zero-order valence-corrected chi connectivity index (χ0v) is 7.46. The van der Waals surface area contributed by atoms with Crippen LogP contribution in [0.5, 0.6) is 5.75 Å². The molecule has 0 spiro atoms. The lowest BCUT2D eigenvalue weighted by Gasteiger charge is -2.24. The third-order valence-corrected chi connectivity index (χ3v) is 3.21. The Morgan fingerprint density at radius 2 is 2.23 bits per heavy atom. The predicted octanol–water partition coefficient (Wildman–Crippen LogP) is 1.74. The normalized spacial score (nSPS) is 30.2. The van der Waals surface area contributed by atoms with E-state index in [1.54, 1.807) is 6.07 Å². The van der Waals surface area contributed by atoms with Crippen LogP contribution in [0.4, 0.5) is 0 Å². The molecule has 2 nitrogen and oxygen atoms in total. The van der Waals surface area contributed by atoms with Crippen LogP contribution in [0.15, 0.2) is 18.2 Å². The molecule has 0 aliphatic carbocycles. The molecule has 0 amide bonds. The van der Waals surface area contributed by atoms with Crippen molar-refractivity contribution in [2.24, 2.45) is 0 Å². The molecule has 1 aromatic carbocycles. The molecule has 68 valence electrons. The molecule has 2 atom stereocenters. The molecular formula is C11H13NO. The number of rotatable bonds is 0. The lowest BCUT2D eigenvalue weighted by Crippen LogP contribution is -2.31. The summed E-state index contributed by atoms with van der Waals surface area (Å²) < 4.78 is 0. The van der Waals surface area contributed by atoms with E-state index in [9.17, 15) is 5.11 Å². The van der Waals surface area contributed by atoms with Crippen LogP contribution in [0.2, 0.25) is 0 Å². The van der Waals surface area contributed by atoms with Gasteiger partial charge in [0.1, 0.15) is 5.75 Å². The van der Waals surface area contributed by atoms with E-state index in [1.807, 2.05) is 6.07 Å². The lowest BCUT2D eigenvalue weighted by molar-refractivity contribution is 0.468. The van der Waals surface area contributed by atoms with Gasteiger partial charge < -0.3 is 10.4 Å². The monoisotopic (exact) mass is 175 g/mol. The van der Waals surface area contributed by atoms with E-state index in [4.69, 9.17) is 0 Å². The van der Waals surface area contributed by atoms with Gasteiger partial charge in [-0.25, -0.2) is 0 Å². The average molecular weight is 175 g/mol. The standard InChI is InChI=1S/C11H13NO/c13-9-2-3-10-7(6-9)5-8-1-4-11(10)12-8/h2-3,6,8,11-13H,1,4-5H2. The number of benzene rings is 1. The minimum atomic E-state index is 0.403. The van der Waals surface area contributed by atoms with Gasteiger partial charge in [0.2, 0.25) is 0 Å². The van der Waals surface area contributed by atoms with E-state index in [2.05, 4.69) is 11.4 Å². The van der Waals surface area contributed by atoms with Crippen LogP contribution in [0, 0.1) is 0 Å². The summed E-state index contributed by atoms with van der Waals surface area (Å²) in [4.78, 5) is 0. The fraction of sp³-hybridized carbons (Fsp3) is 0.455. The van der Waals surface area contributed by atoms with Crippen molar-refractivity contribution in [1.82, 2.24) is 5.32 Å². The van der Waals surface area contributed by atoms with Crippen molar-refractivity contribution in [3.05, 3.63) is 29.3 Å². The number of fused-ring (bicyclic) bond motifs is 4. The van der Waals surface area contributed by atoms with Gasteiger partial charge in [-0.3, -0.25) is 0 Å². The smallest absolute Gasteiger partial charge is 0.115 e. The Morgan fingerprint density at radius 3 is 3.15 bits per heavy atom. The van der Waals surface area contributed by atoms with Gasteiger partial charge in [0.15, 0.2) is 0 Å². The van der Waals surface area contributed by atoms with Crippen LogP contribution in [0.3, 0.4) is 0 Å². The SMILES string of the molecule is Oc1ccc2c(c1)CC1CCC2N1. The maximum Gasteiger partial charge on any atom is 0.115 e. The Balaban J connectivity index is 2.12. The predicted molar refractivity (Wildman–Crippen MR) is 50.7 cm³/mol. The molecule has 2 bridgehead atoms. The Kier molecular flexibility index (Phi) is 1.41. The molecule has 2 unspecified atom stereocenters. The number of nitrogens with one attached hydrogen (secondary N) is 1.